The summed E-state index contributed by atoms with van der Waals surface area (Å²) in [5.74, 6) is 2.47. The summed E-state index contributed by atoms with van der Waals surface area (Å²) < 4.78 is 11.7. The molecule has 0 saturated heterocycles. The highest BCUT2D eigenvalue weighted by atomic mass is 16.5. The Morgan fingerprint density at radius 1 is 1.11 bits per heavy atom. The molecule has 1 heterocycles. The van der Waals surface area contributed by atoms with Gasteiger partial charge in [0.1, 0.15) is 17.1 Å². The summed E-state index contributed by atoms with van der Waals surface area (Å²) in [7, 11) is 0. The molecule has 1 aromatic heterocycles. The van der Waals surface area contributed by atoms with Gasteiger partial charge in [0.2, 0.25) is 5.91 Å². The Labute approximate surface area is 165 Å². The summed E-state index contributed by atoms with van der Waals surface area (Å²) in [6.45, 7) is 4.30. The maximum absolute atomic E-state index is 11.2. The Hall–Kier alpha value is -2.75. The molecular formula is C24H27NO3. The van der Waals surface area contributed by atoms with E-state index in [1.54, 1.807) is 0 Å². The lowest BCUT2D eigenvalue weighted by Crippen LogP contribution is -2.23. The van der Waals surface area contributed by atoms with E-state index >= 15 is 0 Å². The second kappa shape index (κ2) is 8.09. The maximum atomic E-state index is 11.2. The number of fused-ring (bicyclic) bond motifs is 1. The fraction of sp³-hybridized carbons (Fsp3) is 0.375. The SMILES string of the molecule is CC(=O)NC(C)c1cc2cc(CCc3ccc(OCC4CC4)cc3)ccc2o1. The Kier molecular flexibility index (Phi) is 5.38. The molecule has 1 atom stereocenters. The minimum Gasteiger partial charge on any atom is -0.493 e. The van der Waals surface area contributed by atoms with Crippen LogP contribution in [0.25, 0.3) is 11.0 Å². The zero-order valence-corrected chi connectivity index (χ0v) is 16.5. The van der Waals surface area contributed by atoms with Gasteiger partial charge in [0.25, 0.3) is 0 Å². The molecule has 4 nitrogen and oxygen atoms in total. The molecule has 1 amide bonds. The molecule has 3 aromatic rings. The maximum Gasteiger partial charge on any atom is 0.217 e. The summed E-state index contributed by atoms with van der Waals surface area (Å²) in [4.78, 5) is 11.2. The first-order valence-corrected chi connectivity index (χ1v) is 10.1. The van der Waals surface area contributed by atoms with Crippen molar-refractivity contribution in [3.63, 3.8) is 0 Å². The van der Waals surface area contributed by atoms with Crippen LogP contribution in [0.3, 0.4) is 0 Å². The first kappa shape index (κ1) is 18.6. The fourth-order valence-electron chi connectivity index (χ4n) is 3.40. The largest absolute Gasteiger partial charge is 0.493 e. The smallest absolute Gasteiger partial charge is 0.217 e. The monoisotopic (exact) mass is 377 g/mol. The van der Waals surface area contributed by atoms with E-state index in [1.165, 1.54) is 30.9 Å². The molecule has 1 aliphatic carbocycles. The molecule has 4 rings (SSSR count). The highest BCUT2D eigenvalue weighted by molar-refractivity contribution is 5.79. The van der Waals surface area contributed by atoms with Gasteiger partial charge in [-0.1, -0.05) is 18.2 Å². The van der Waals surface area contributed by atoms with Gasteiger partial charge in [-0.15, -0.1) is 0 Å². The third kappa shape index (κ3) is 4.75. The average molecular weight is 377 g/mol. The van der Waals surface area contributed by atoms with Gasteiger partial charge in [-0.3, -0.25) is 4.79 Å². The fourth-order valence-corrected chi connectivity index (χ4v) is 3.40. The van der Waals surface area contributed by atoms with Crippen molar-refractivity contribution < 1.29 is 13.9 Å². The number of amides is 1. The molecule has 2 aromatic carbocycles. The predicted octanol–water partition coefficient (Wildman–Crippen LogP) is 5.20. The molecule has 1 aliphatic rings. The number of aryl methyl sites for hydroxylation is 2. The summed E-state index contributed by atoms with van der Waals surface area (Å²) in [5, 5.41) is 3.94. The third-order valence-electron chi connectivity index (χ3n) is 5.25. The Balaban J connectivity index is 1.36. The second-order valence-electron chi connectivity index (χ2n) is 7.84. The van der Waals surface area contributed by atoms with Crippen LogP contribution in [0.5, 0.6) is 5.75 Å². The molecule has 146 valence electrons. The van der Waals surface area contributed by atoms with Crippen LogP contribution in [0, 0.1) is 5.92 Å². The average Bonchev–Trinajstić information content (AvgIpc) is 3.41. The van der Waals surface area contributed by atoms with E-state index in [-0.39, 0.29) is 11.9 Å². The predicted molar refractivity (Wildman–Crippen MR) is 111 cm³/mol. The van der Waals surface area contributed by atoms with Crippen molar-refractivity contribution in [2.45, 2.75) is 45.6 Å². The Morgan fingerprint density at radius 3 is 2.54 bits per heavy atom. The summed E-state index contributed by atoms with van der Waals surface area (Å²) in [6, 6.07) is 16.7. The number of carbonyl (C=O) groups excluding carboxylic acids is 1. The van der Waals surface area contributed by atoms with Crippen molar-refractivity contribution in [1.29, 1.82) is 0 Å². The first-order valence-electron chi connectivity index (χ1n) is 10.1. The van der Waals surface area contributed by atoms with Crippen molar-refractivity contribution in [3.05, 3.63) is 65.4 Å². The van der Waals surface area contributed by atoms with Crippen LogP contribution < -0.4 is 10.1 Å². The van der Waals surface area contributed by atoms with Gasteiger partial charge in [0.05, 0.1) is 12.6 Å². The van der Waals surface area contributed by atoms with Crippen molar-refractivity contribution in [1.82, 2.24) is 5.32 Å². The minimum atomic E-state index is -0.131. The van der Waals surface area contributed by atoms with Crippen LogP contribution in [0.1, 0.15) is 49.6 Å². The van der Waals surface area contributed by atoms with E-state index in [2.05, 4.69) is 41.7 Å². The summed E-state index contributed by atoms with van der Waals surface area (Å²) >= 11 is 0. The topological polar surface area (TPSA) is 51.5 Å². The molecule has 0 radical (unpaired) electrons. The first-order chi connectivity index (χ1) is 13.6. The highest BCUT2D eigenvalue weighted by Crippen LogP contribution is 2.29. The lowest BCUT2D eigenvalue weighted by atomic mass is 10.0. The second-order valence-corrected chi connectivity index (χ2v) is 7.84. The van der Waals surface area contributed by atoms with Gasteiger partial charge in [-0.05, 0) is 80.0 Å². The van der Waals surface area contributed by atoms with Gasteiger partial charge in [-0.25, -0.2) is 0 Å². The van der Waals surface area contributed by atoms with E-state index in [0.717, 1.165) is 47.8 Å². The van der Waals surface area contributed by atoms with E-state index in [4.69, 9.17) is 9.15 Å². The number of nitrogens with one attached hydrogen (secondary N) is 1. The van der Waals surface area contributed by atoms with Crippen LogP contribution in [0.4, 0.5) is 0 Å². The van der Waals surface area contributed by atoms with E-state index in [1.807, 2.05) is 19.1 Å². The van der Waals surface area contributed by atoms with Crippen molar-refractivity contribution >= 4 is 16.9 Å². The molecular weight excluding hydrogens is 350 g/mol. The molecule has 1 N–H and O–H groups in total. The van der Waals surface area contributed by atoms with Gasteiger partial charge in [0, 0.05) is 12.3 Å². The van der Waals surface area contributed by atoms with E-state index in [0.29, 0.717) is 0 Å². The number of hydrogen-bond acceptors (Lipinski definition) is 3. The number of hydrogen-bond donors (Lipinski definition) is 1. The number of rotatable bonds is 8. The van der Waals surface area contributed by atoms with Crippen LogP contribution in [-0.4, -0.2) is 12.5 Å². The summed E-state index contributed by atoms with van der Waals surface area (Å²) in [5.41, 5.74) is 3.44. The van der Waals surface area contributed by atoms with Gasteiger partial charge in [0.15, 0.2) is 0 Å². The highest BCUT2D eigenvalue weighted by Gasteiger charge is 2.21. The standard InChI is InChI=1S/C24H27NO3/c1-16(25-17(2)26)24-14-21-13-19(9-12-23(21)28-24)4-3-18-7-10-22(11-8-18)27-15-20-5-6-20/h7-14,16,20H,3-6,15H2,1-2H3,(H,25,26). The lowest BCUT2D eigenvalue weighted by molar-refractivity contribution is -0.119. The van der Waals surface area contributed by atoms with Crippen LogP contribution in [0.15, 0.2) is 52.9 Å². The van der Waals surface area contributed by atoms with Gasteiger partial charge in [-0.2, -0.15) is 0 Å². The van der Waals surface area contributed by atoms with E-state index < -0.39 is 0 Å². The molecule has 0 aliphatic heterocycles. The Morgan fingerprint density at radius 2 is 1.82 bits per heavy atom. The zero-order chi connectivity index (χ0) is 19.5. The van der Waals surface area contributed by atoms with Crippen LogP contribution >= 0.6 is 0 Å². The molecule has 1 fully saturated rings. The number of benzene rings is 2. The van der Waals surface area contributed by atoms with Crippen LogP contribution in [0.2, 0.25) is 0 Å². The minimum absolute atomic E-state index is 0.0578. The van der Waals surface area contributed by atoms with Crippen molar-refractivity contribution in [2.24, 2.45) is 5.92 Å². The summed E-state index contributed by atoms with van der Waals surface area (Å²) in [6.07, 6.45) is 4.58. The van der Waals surface area contributed by atoms with E-state index in [9.17, 15) is 4.79 Å². The normalized spacial score (nSPS) is 14.8. The molecule has 4 heteroatoms. The molecule has 1 unspecified atom stereocenters. The van der Waals surface area contributed by atoms with Gasteiger partial charge < -0.3 is 14.5 Å². The van der Waals surface area contributed by atoms with Gasteiger partial charge >= 0.3 is 0 Å². The molecule has 0 bridgehead atoms. The van der Waals surface area contributed by atoms with Crippen molar-refractivity contribution in [3.8, 4) is 5.75 Å². The Bertz CT molecular complexity index is 954. The number of carbonyl (C=O) groups is 1. The lowest BCUT2D eigenvalue weighted by Gasteiger charge is -2.08. The quantitative estimate of drug-likeness (QED) is 0.587. The zero-order valence-electron chi connectivity index (χ0n) is 16.5. The number of ether oxygens (including phenoxy) is 1. The van der Waals surface area contributed by atoms with Crippen LogP contribution in [-0.2, 0) is 17.6 Å². The van der Waals surface area contributed by atoms with Crippen molar-refractivity contribution in [2.75, 3.05) is 6.61 Å². The third-order valence-corrected chi connectivity index (χ3v) is 5.25. The molecule has 28 heavy (non-hydrogen) atoms. The molecule has 0 spiro atoms. The molecule has 1 saturated carbocycles. The number of furan rings is 1.